The quantitative estimate of drug-likeness (QED) is 0.523. The molecule has 1 N–H and O–H groups in total. The van der Waals surface area contributed by atoms with Crippen molar-refractivity contribution in [1.82, 2.24) is 14.9 Å². The highest BCUT2D eigenvalue weighted by Gasteiger charge is 2.22. The van der Waals surface area contributed by atoms with Crippen LogP contribution in [-0.2, 0) is 6.54 Å². The summed E-state index contributed by atoms with van der Waals surface area (Å²) >= 11 is 0. The Morgan fingerprint density at radius 1 is 0.839 bits per heavy atom. The van der Waals surface area contributed by atoms with Crippen molar-refractivity contribution < 1.29 is 13.2 Å². The maximum absolute atomic E-state index is 14.6. The van der Waals surface area contributed by atoms with Crippen molar-refractivity contribution in [1.29, 1.82) is 0 Å². The molecule has 1 aromatic heterocycles. The van der Waals surface area contributed by atoms with Crippen LogP contribution >= 0.6 is 0 Å². The summed E-state index contributed by atoms with van der Waals surface area (Å²) in [4.78, 5) is 7.05. The Bertz CT molecular complexity index is 1220. The summed E-state index contributed by atoms with van der Waals surface area (Å²) in [6, 6.07) is 15.7. The molecule has 0 aliphatic carbocycles. The number of halogens is 3. The van der Waals surface area contributed by atoms with Gasteiger partial charge in [0.05, 0.1) is 17.6 Å². The molecule has 1 saturated heterocycles. The molecule has 3 aromatic carbocycles. The average Bonchev–Trinajstić information content (AvgIpc) is 3.13. The van der Waals surface area contributed by atoms with E-state index < -0.39 is 11.6 Å². The first-order chi connectivity index (χ1) is 15.1. The Morgan fingerprint density at radius 2 is 1.55 bits per heavy atom. The van der Waals surface area contributed by atoms with E-state index in [2.05, 4.69) is 10.2 Å². The van der Waals surface area contributed by atoms with Crippen LogP contribution in [0.25, 0.3) is 22.2 Å². The molecule has 158 valence electrons. The zero-order valence-corrected chi connectivity index (χ0v) is 16.8. The van der Waals surface area contributed by atoms with Crippen LogP contribution < -0.4 is 10.2 Å². The molecule has 2 heterocycles. The van der Waals surface area contributed by atoms with Crippen LogP contribution in [0.15, 0.2) is 60.7 Å². The van der Waals surface area contributed by atoms with E-state index in [1.165, 1.54) is 18.2 Å². The van der Waals surface area contributed by atoms with Crippen molar-refractivity contribution in [2.24, 2.45) is 0 Å². The van der Waals surface area contributed by atoms with Crippen molar-refractivity contribution in [3.63, 3.8) is 0 Å². The molecular weight excluding hydrogens is 401 g/mol. The Labute approximate surface area is 177 Å². The van der Waals surface area contributed by atoms with Crippen molar-refractivity contribution in [2.45, 2.75) is 6.54 Å². The molecule has 1 aliphatic rings. The van der Waals surface area contributed by atoms with Gasteiger partial charge in [0.2, 0.25) is 5.95 Å². The second-order valence-electron chi connectivity index (χ2n) is 7.67. The molecule has 1 aliphatic heterocycles. The van der Waals surface area contributed by atoms with Gasteiger partial charge in [0.25, 0.3) is 0 Å². The predicted molar refractivity (Wildman–Crippen MR) is 116 cm³/mol. The topological polar surface area (TPSA) is 33.1 Å². The van der Waals surface area contributed by atoms with E-state index in [0.29, 0.717) is 28.2 Å². The fraction of sp³-hybridized carbons (Fsp3) is 0.208. The number of hydrogen-bond donors (Lipinski definition) is 1. The Kier molecular flexibility index (Phi) is 5.11. The molecule has 31 heavy (non-hydrogen) atoms. The molecule has 0 amide bonds. The highest BCUT2D eigenvalue weighted by molar-refractivity contribution is 5.94. The number of rotatable bonds is 4. The summed E-state index contributed by atoms with van der Waals surface area (Å²) < 4.78 is 44.2. The zero-order valence-electron chi connectivity index (χ0n) is 16.8. The normalized spacial score (nSPS) is 14.4. The molecule has 7 heteroatoms. The largest absolute Gasteiger partial charge is 0.340 e. The number of para-hydroxylation sites is 1. The summed E-state index contributed by atoms with van der Waals surface area (Å²) in [5.74, 6) is -0.837. The van der Waals surface area contributed by atoms with Gasteiger partial charge in [-0.05, 0) is 29.8 Å². The average molecular weight is 422 g/mol. The fourth-order valence-corrected chi connectivity index (χ4v) is 4.18. The first-order valence-corrected chi connectivity index (χ1v) is 10.2. The number of aromatic nitrogens is 2. The number of hydrogen-bond acceptors (Lipinski definition) is 3. The van der Waals surface area contributed by atoms with Gasteiger partial charge in [-0.15, -0.1) is 0 Å². The molecular formula is C24H21F3N4. The maximum Gasteiger partial charge on any atom is 0.206 e. The molecule has 4 aromatic rings. The molecule has 0 bridgehead atoms. The summed E-state index contributed by atoms with van der Waals surface area (Å²) in [6.45, 7) is 3.41. The summed E-state index contributed by atoms with van der Waals surface area (Å²) in [7, 11) is 0. The molecule has 1 fully saturated rings. The Hall–Kier alpha value is -3.32. The van der Waals surface area contributed by atoms with Gasteiger partial charge in [0.15, 0.2) is 0 Å². The summed E-state index contributed by atoms with van der Waals surface area (Å²) in [5.41, 5.74) is 3.12. The van der Waals surface area contributed by atoms with E-state index in [-0.39, 0.29) is 12.4 Å². The third kappa shape index (κ3) is 3.77. The first kappa shape index (κ1) is 19.6. The molecule has 0 atom stereocenters. The van der Waals surface area contributed by atoms with Gasteiger partial charge in [0.1, 0.15) is 17.5 Å². The lowest BCUT2D eigenvalue weighted by Gasteiger charge is -2.29. The van der Waals surface area contributed by atoms with Gasteiger partial charge in [-0.3, -0.25) is 0 Å². The van der Waals surface area contributed by atoms with Crippen LogP contribution in [-0.4, -0.2) is 35.7 Å². The minimum absolute atomic E-state index is 0.255. The van der Waals surface area contributed by atoms with Crippen molar-refractivity contribution in [3.8, 4) is 11.1 Å². The number of nitrogens with one attached hydrogen (secondary N) is 1. The van der Waals surface area contributed by atoms with E-state index in [4.69, 9.17) is 4.98 Å². The Balaban J connectivity index is 1.70. The van der Waals surface area contributed by atoms with Crippen LogP contribution in [0.5, 0.6) is 0 Å². The number of imidazole rings is 1. The molecule has 4 nitrogen and oxygen atoms in total. The highest BCUT2D eigenvalue weighted by Crippen LogP contribution is 2.33. The Morgan fingerprint density at radius 3 is 2.29 bits per heavy atom. The molecule has 0 unspecified atom stereocenters. The minimum Gasteiger partial charge on any atom is -0.340 e. The van der Waals surface area contributed by atoms with E-state index in [1.807, 2.05) is 22.8 Å². The minimum atomic E-state index is -0.616. The van der Waals surface area contributed by atoms with Crippen molar-refractivity contribution >= 4 is 17.0 Å². The van der Waals surface area contributed by atoms with E-state index in [1.54, 1.807) is 18.2 Å². The lowest BCUT2D eigenvalue weighted by Crippen LogP contribution is -2.44. The second kappa shape index (κ2) is 8.07. The van der Waals surface area contributed by atoms with Gasteiger partial charge in [-0.25, -0.2) is 18.2 Å². The SMILES string of the molecule is Fc1cc(F)cc(Cn2c(N3CCNCC3)nc3c(-c4ccccc4F)cccc32)c1. The first-order valence-electron chi connectivity index (χ1n) is 10.2. The number of nitrogens with zero attached hydrogens (tertiary/aromatic N) is 3. The predicted octanol–water partition coefficient (Wildman–Crippen LogP) is 4.58. The van der Waals surface area contributed by atoms with Gasteiger partial charge in [0, 0.05) is 43.4 Å². The van der Waals surface area contributed by atoms with Gasteiger partial charge >= 0.3 is 0 Å². The van der Waals surface area contributed by atoms with Gasteiger partial charge in [-0.1, -0.05) is 30.3 Å². The van der Waals surface area contributed by atoms with Crippen LogP contribution in [0, 0.1) is 17.5 Å². The monoisotopic (exact) mass is 422 g/mol. The summed E-state index contributed by atoms with van der Waals surface area (Å²) in [6.07, 6.45) is 0. The second-order valence-corrected chi connectivity index (χ2v) is 7.67. The highest BCUT2D eigenvalue weighted by atomic mass is 19.1. The zero-order chi connectivity index (χ0) is 21.4. The number of anilines is 1. The lowest BCUT2D eigenvalue weighted by molar-refractivity contribution is 0.567. The third-order valence-electron chi connectivity index (χ3n) is 5.59. The van der Waals surface area contributed by atoms with E-state index in [9.17, 15) is 13.2 Å². The summed E-state index contributed by atoms with van der Waals surface area (Å²) in [5, 5.41) is 3.32. The maximum atomic E-state index is 14.6. The third-order valence-corrected chi connectivity index (χ3v) is 5.59. The lowest BCUT2D eigenvalue weighted by atomic mass is 10.0. The number of fused-ring (bicyclic) bond motifs is 1. The van der Waals surface area contributed by atoms with Crippen LogP contribution in [0.1, 0.15) is 5.56 Å². The van der Waals surface area contributed by atoms with Crippen LogP contribution in [0.2, 0.25) is 0 Å². The van der Waals surface area contributed by atoms with E-state index in [0.717, 1.165) is 37.8 Å². The van der Waals surface area contributed by atoms with Crippen LogP contribution in [0.4, 0.5) is 19.1 Å². The fourth-order valence-electron chi connectivity index (χ4n) is 4.18. The van der Waals surface area contributed by atoms with Gasteiger partial charge in [-0.2, -0.15) is 0 Å². The molecule has 0 radical (unpaired) electrons. The smallest absolute Gasteiger partial charge is 0.206 e. The molecule has 0 saturated carbocycles. The van der Waals surface area contributed by atoms with Crippen LogP contribution in [0.3, 0.4) is 0 Å². The molecule has 5 rings (SSSR count). The molecule has 0 spiro atoms. The number of benzene rings is 3. The van der Waals surface area contributed by atoms with Crippen molar-refractivity contribution in [2.75, 3.05) is 31.1 Å². The number of piperazine rings is 1. The van der Waals surface area contributed by atoms with Gasteiger partial charge < -0.3 is 14.8 Å². The van der Waals surface area contributed by atoms with E-state index >= 15 is 0 Å². The standard InChI is InChI=1S/C24H21F3N4/c25-17-12-16(13-18(26)14-17)15-31-22-7-3-5-20(19-4-1-2-6-21(19)27)23(22)29-24(31)30-10-8-28-9-11-30/h1-7,12-14,28H,8-11,15H2. The van der Waals surface area contributed by atoms with Crippen molar-refractivity contribution in [3.05, 3.63) is 83.7 Å².